The molecule has 0 saturated carbocycles. The van der Waals surface area contributed by atoms with Crippen LogP contribution in [0.2, 0.25) is 0 Å². The number of H-pyrrole nitrogens is 1. The lowest BCUT2D eigenvalue weighted by Crippen LogP contribution is -2.19. The average Bonchev–Trinajstić information content (AvgIpc) is 3.22. The van der Waals surface area contributed by atoms with Gasteiger partial charge in [0, 0.05) is 11.8 Å². The van der Waals surface area contributed by atoms with Crippen LogP contribution in [0.15, 0.2) is 52.5 Å². The molecule has 0 saturated heterocycles. The van der Waals surface area contributed by atoms with Crippen molar-refractivity contribution in [3.8, 4) is 11.3 Å². The first kappa shape index (κ1) is 19.1. The Morgan fingerprint density at radius 3 is 2.66 bits per heavy atom. The highest BCUT2D eigenvalue weighted by Gasteiger charge is 2.30. The van der Waals surface area contributed by atoms with Crippen molar-refractivity contribution in [3.63, 3.8) is 0 Å². The molecule has 150 valence electrons. The number of nitrogens with zero attached hydrogens (tertiary/aromatic N) is 5. The highest BCUT2D eigenvalue weighted by molar-refractivity contribution is 7.98. The summed E-state index contributed by atoms with van der Waals surface area (Å²) in [4.78, 5) is 24.3. The third-order valence-corrected chi connectivity index (χ3v) is 5.00. The lowest BCUT2D eigenvalue weighted by Gasteiger charge is -2.14. The molecular weight excluding hydrogens is 407 g/mol. The Morgan fingerprint density at radius 2 is 1.93 bits per heavy atom. The van der Waals surface area contributed by atoms with E-state index in [2.05, 4.69) is 20.1 Å². The van der Waals surface area contributed by atoms with Crippen molar-refractivity contribution in [2.75, 3.05) is 5.73 Å². The SMILES string of the molecule is Nc1nc2nc(CSc3ncc(-c4ccccc4)n3CC(F)(F)F)cc(=O)n2[nH]1. The summed E-state index contributed by atoms with van der Waals surface area (Å²) in [5, 5.41) is 2.72. The second-order valence-corrected chi connectivity index (χ2v) is 7.05. The number of halogens is 3. The van der Waals surface area contributed by atoms with Gasteiger partial charge in [-0.05, 0) is 5.56 Å². The van der Waals surface area contributed by atoms with E-state index in [-0.39, 0.29) is 22.6 Å². The van der Waals surface area contributed by atoms with Gasteiger partial charge < -0.3 is 10.3 Å². The molecule has 0 amide bonds. The van der Waals surface area contributed by atoms with Gasteiger partial charge in [0.15, 0.2) is 5.16 Å². The zero-order valence-corrected chi connectivity index (χ0v) is 15.5. The van der Waals surface area contributed by atoms with Gasteiger partial charge in [-0.1, -0.05) is 42.1 Å². The molecule has 0 bridgehead atoms. The number of aromatic nitrogens is 6. The summed E-state index contributed by atoms with van der Waals surface area (Å²) in [7, 11) is 0. The van der Waals surface area contributed by atoms with Gasteiger partial charge in [-0.2, -0.15) is 22.7 Å². The number of anilines is 1. The van der Waals surface area contributed by atoms with E-state index in [1.807, 2.05) is 0 Å². The largest absolute Gasteiger partial charge is 0.406 e. The minimum Gasteiger partial charge on any atom is -0.368 e. The lowest BCUT2D eigenvalue weighted by atomic mass is 10.2. The summed E-state index contributed by atoms with van der Waals surface area (Å²) >= 11 is 1.05. The third kappa shape index (κ3) is 4.11. The van der Waals surface area contributed by atoms with Crippen molar-refractivity contribution in [2.24, 2.45) is 0 Å². The average molecular weight is 421 g/mol. The third-order valence-electron chi connectivity index (χ3n) is 3.98. The fourth-order valence-corrected chi connectivity index (χ4v) is 3.67. The maximum Gasteiger partial charge on any atom is 0.406 e. The molecule has 0 aliphatic heterocycles. The van der Waals surface area contributed by atoms with E-state index >= 15 is 0 Å². The molecule has 4 aromatic rings. The van der Waals surface area contributed by atoms with E-state index in [1.165, 1.54) is 12.3 Å². The van der Waals surface area contributed by atoms with Crippen molar-refractivity contribution < 1.29 is 13.2 Å². The zero-order chi connectivity index (χ0) is 20.6. The molecule has 3 heterocycles. The van der Waals surface area contributed by atoms with Gasteiger partial charge >= 0.3 is 6.18 Å². The number of hydrogen-bond donors (Lipinski definition) is 2. The molecule has 0 atom stereocenters. The zero-order valence-electron chi connectivity index (χ0n) is 14.7. The van der Waals surface area contributed by atoms with Crippen LogP contribution in [0.4, 0.5) is 19.1 Å². The fraction of sp³-hybridized carbons (Fsp3) is 0.176. The van der Waals surface area contributed by atoms with Crippen LogP contribution in [0.25, 0.3) is 17.0 Å². The maximum atomic E-state index is 13.1. The number of thioether (sulfide) groups is 1. The van der Waals surface area contributed by atoms with Crippen molar-refractivity contribution in [2.45, 2.75) is 23.6 Å². The van der Waals surface area contributed by atoms with E-state index in [0.717, 1.165) is 20.8 Å². The van der Waals surface area contributed by atoms with Crippen LogP contribution in [0.1, 0.15) is 5.69 Å². The number of benzene rings is 1. The molecule has 0 aliphatic carbocycles. The molecule has 0 aliphatic rings. The number of nitrogen functional groups attached to an aromatic ring is 1. The summed E-state index contributed by atoms with van der Waals surface area (Å²) in [5.74, 6) is 0.267. The molecule has 4 rings (SSSR count). The summed E-state index contributed by atoms with van der Waals surface area (Å²) < 4.78 is 41.6. The van der Waals surface area contributed by atoms with Crippen LogP contribution < -0.4 is 11.3 Å². The van der Waals surface area contributed by atoms with Crippen molar-refractivity contribution in [1.29, 1.82) is 0 Å². The number of fused-ring (bicyclic) bond motifs is 1. The molecule has 8 nitrogen and oxygen atoms in total. The molecule has 0 spiro atoms. The number of nitrogens with one attached hydrogen (secondary N) is 1. The van der Waals surface area contributed by atoms with Gasteiger partial charge in [0.05, 0.1) is 17.6 Å². The number of alkyl halides is 3. The van der Waals surface area contributed by atoms with Gasteiger partial charge in [-0.3, -0.25) is 9.89 Å². The van der Waals surface area contributed by atoms with Gasteiger partial charge in [0.25, 0.3) is 11.3 Å². The van der Waals surface area contributed by atoms with Crippen molar-refractivity contribution >= 4 is 23.5 Å². The highest BCUT2D eigenvalue weighted by atomic mass is 32.2. The summed E-state index contributed by atoms with van der Waals surface area (Å²) in [6, 6.07) is 9.98. The predicted octanol–water partition coefficient (Wildman–Crippen LogP) is 2.72. The summed E-state index contributed by atoms with van der Waals surface area (Å²) in [6.45, 7) is -1.18. The molecule has 0 radical (unpaired) electrons. The molecule has 0 unspecified atom stereocenters. The Morgan fingerprint density at radius 1 is 1.17 bits per heavy atom. The molecule has 0 fully saturated rings. The number of hydrogen-bond acceptors (Lipinski definition) is 6. The van der Waals surface area contributed by atoms with Crippen LogP contribution in [0.3, 0.4) is 0 Å². The molecule has 3 aromatic heterocycles. The van der Waals surface area contributed by atoms with Crippen LogP contribution in [0, 0.1) is 0 Å². The molecule has 12 heteroatoms. The fourth-order valence-electron chi connectivity index (χ4n) is 2.80. The van der Waals surface area contributed by atoms with Gasteiger partial charge in [0.2, 0.25) is 5.95 Å². The Balaban J connectivity index is 1.65. The van der Waals surface area contributed by atoms with E-state index in [4.69, 9.17) is 5.73 Å². The standard InChI is InChI=1S/C17H14F3N7OS/c18-17(19,20)9-26-12(10-4-2-1-3-5-10)7-22-16(26)29-8-11-6-13(28)27-15(23-11)24-14(21)25-27/h1-7H,8-9H2,(H3,21,23,24,25). The minimum absolute atomic E-state index is 0.0348. The van der Waals surface area contributed by atoms with E-state index < -0.39 is 18.3 Å². The number of aromatic amines is 1. The first-order valence-electron chi connectivity index (χ1n) is 8.35. The van der Waals surface area contributed by atoms with Crippen LogP contribution >= 0.6 is 11.8 Å². The topological polar surface area (TPSA) is 107 Å². The second-order valence-electron chi connectivity index (χ2n) is 6.11. The van der Waals surface area contributed by atoms with Gasteiger partial charge in [0.1, 0.15) is 6.54 Å². The predicted molar refractivity (Wildman–Crippen MR) is 101 cm³/mol. The van der Waals surface area contributed by atoms with Crippen molar-refractivity contribution in [3.05, 3.63) is 58.6 Å². The number of rotatable bonds is 5. The van der Waals surface area contributed by atoms with Gasteiger partial charge in [-0.15, -0.1) is 0 Å². The minimum atomic E-state index is -4.41. The number of imidazole rings is 1. The van der Waals surface area contributed by atoms with E-state index in [1.54, 1.807) is 30.3 Å². The van der Waals surface area contributed by atoms with E-state index in [9.17, 15) is 18.0 Å². The maximum absolute atomic E-state index is 13.1. The van der Waals surface area contributed by atoms with Crippen LogP contribution in [-0.4, -0.2) is 35.3 Å². The molecule has 29 heavy (non-hydrogen) atoms. The Hall–Kier alpha value is -3.28. The molecule has 3 N–H and O–H groups in total. The van der Waals surface area contributed by atoms with Crippen LogP contribution in [-0.2, 0) is 12.3 Å². The quantitative estimate of drug-likeness (QED) is 0.480. The van der Waals surface area contributed by atoms with E-state index in [0.29, 0.717) is 17.0 Å². The Bertz CT molecular complexity index is 1210. The van der Waals surface area contributed by atoms with Crippen molar-refractivity contribution in [1.82, 2.24) is 29.1 Å². The summed E-state index contributed by atoms with van der Waals surface area (Å²) in [6.07, 6.45) is -3.01. The number of nitrogens with two attached hydrogens (primary N) is 1. The smallest absolute Gasteiger partial charge is 0.368 e. The first-order valence-corrected chi connectivity index (χ1v) is 9.33. The first-order chi connectivity index (χ1) is 13.8. The van der Waals surface area contributed by atoms with Gasteiger partial charge in [-0.25, -0.2) is 9.97 Å². The van der Waals surface area contributed by atoms with Crippen LogP contribution in [0.5, 0.6) is 0 Å². The summed E-state index contributed by atoms with van der Waals surface area (Å²) in [5.41, 5.74) is 6.44. The highest BCUT2D eigenvalue weighted by Crippen LogP contribution is 2.31. The lowest BCUT2D eigenvalue weighted by molar-refractivity contribution is -0.141. The molecular formula is C17H14F3N7OS. The monoisotopic (exact) mass is 421 g/mol. The normalized spacial score (nSPS) is 12.0. The molecule has 1 aromatic carbocycles. The second kappa shape index (κ2) is 7.28. The Kier molecular flexibility index (Phi) is 4.78. The Labute approximate surface area is 165 Å².